The number of methoxy groups -OCH3 is 1. The molecule has 0 bridgehead atoms. The maximum absolute atomic E-state index is 6.00. The maximum atomic E-state index is 6.00. The molecule has 1 aromatic rings. The Balaban J connectivity index is 1.89. The van der Waals surface area contributed by atoms with Gasteiger partial charge in [-0.1, -0.05) is 18.2 Å². The summed E-state index contributed by atoms with van der Waals surface area (Å²) in [7, 11) is 1.72. The van der Waals surface area contributed by atoms with E-state index in [1.807, 2.05) is 18.2 Å². The molecular formula is C16H25NO2. The molecule has 1 aliphatic rings. The molecule has 0 aromatic heterocycles. The number of ether oxygens (including phenoxy) is 2. The van der Waals surface area contributed by atoms with Crippen LogP contribution in [0.3, 0.4) is 0 Å². The first-order valence-corrected chi connectivity index (χ1v) is 7.06. The minimum Gasteiger partial charge on any atom is -0.496 e. The molecule has 1 aliphatic heterocycles. The Kier molecular flexibility index (Phi) is 4.48. The van der Waals surface area contributed by atoms with Gasteiger partial charge in [0.1, 0.15) is 5.75 Å². The van der Waals surface area contributed by atoms with Gasteiger partial charge in [0.25, 0.3) is 0 Å². The van der Waals surface area contributed by atoms with Gasteiger partial charge in [-0.2, -0.15) is 0 Å². The van der Waals surface area contributed by atoms with Crippen LogP contribution < -0.4 is 10.1 Å². The fourth-order valence-corrected chi connectivity index (χ4v) is 2.66. The van der Waals surface area contributed by atoms with Crippen molar-refractivity contribution in [2.45, 2.75) is 51.4 Å². The van der Waals surface area contributed by atoms with Crippen molar-refractivity contribution in [2.75, 3.05) is 13.7 Å². The minimum absolute atomic E-state index is 0.0417. The molecule has 0 saturated carbocycles. The largest absolute Gasteiger partial charge is 0.496 e. The Labute approximate surface area is 116 Å². The highest BCUT2D eigenvalue weighted by Crippen LogP contribution is 2.30. The number of rotatable bonds is 5. The van der Waals surface area contributed by atoms with E-state index < -0.39 is 0 Å². The van der Waals surface area contributed by atoms with Gasteiger partial charge in [-0.25, -0.2) is 0 Å². The molecule has 1 N–H and O–H groups in total. The predicted octanol–water partition coefficient (Wildman–Crippen LogP) is 3.30. The molecule has 1 heterocycles. The Morgan fingerprint density at radius 2 is 2.16 bits per heavy atom. The van der Waals surface area contributed by atoms with Crippen molar-refractivity contribution in [3.63, 3.8) is 0 Å². The van der Waals surface area contributed by atoms with Crippen LogP contribution in [-0.2, 0) is 4.74 Å². The minimum atomic E-state index is 0.0417. The quantitative estimate of drug-likeness (QED) is 0.884. The summed E-state index contributed by atoms with van der Waals surface area (Å²) in [5.41, 5.74) is 1.24. The molecule has 0 amide bonds. The predicted molar refractivity (Wildman–Crippen MR) is 77.6 cm³/mol. The molecular weight excluding hydrogens is 238 g/mol. The Hall–Kier alpha value is -1.06. The summed E-state index contributed by atoms with van der Waals surface area (Å²) in [6.07, 6.45) is 2.60. The third-order valence-corrected chi connectivity index (χ3v) is 3.81. The molecule has 1 unspecified atom stereocenters. The van der Waals surface area contributed by atoms with Crippen molar-refractivity contribution in [3.8, 4) is 5.75 Å². The topological polar surface area (TPSA) is 30.5 Å². The number of nitrogens with one attached hydrogen (secondary N) is 1. The van der Waals surface area contributed by atoms with Gasteiger partial charge >= 0.3 is 0 Å². The van der Waals surface area contributed by atoms with E-state index in [1.54, 1.807) is 7.11 Å². The van der Waals surface area contributed by atoms with Gasteiger partial charge in [0.05, 0.1) is 18.8 Å². The van der Waals surface area contributed by atoms with Gasteiger partial charge in [0.2, 0.25) is 0 Å². The first kappa shape index (κ1) is 14.4. The number of hydrogen-bond donors (Lipinski definition) is 1. The van der Waals surface area contributed by atoms with E-state index in [0.717, 1.165) is 25.1 Å². The van der Waals surface area contributed by atoms with Crippen molar-refractivity contribution >= 4 is 0 Å². The summed E-state index contributed by atoms with van der Waals surface area (Å²) in [6.45, 7) is 7.38. The van der Waals surface area contributed by atoms with Crippen LogP contribution in [0.1, 0.15) is 45.2 Å². The monoisotopic (exact) mass is 263 g/mol. The molecule has 19 heavy (non-hydrogen) atoms. The molecule has 3 heteroatoms. The van der Waals surface area contributed by atoms with E-state index in [9.17, 15) is 0 Å². The van der Waals surface area contributed by atoms with E-state index >= 15 is 0 Å². The molecule has 2 atom stereocenters. The lowest BCUT2D eigenvalue weighted by molar-refractivity contribution is -0.0150. The fraction of sp³-hybridized carbons (Fsp3) is 0.625. The van der Waals surface area contributed by atoms with Crippen molar-refractivity contribution in [2.24, 2.45) is 0 Å². The van der Waals surface area contributed by atoms with Crippen LogP contribution in [0.2, 0.25) is 0 Å². The third-order valence-electron chi connectivity index (χ3n) is 3.81. The van der Waals surface area contributed by atoms with Gasteiger partial charge < -0.3 is 14.8 Å². The highest BCUT2D eigenvalue weighted by Gasteiger charge is 2.31. The second-order valence-corrected chi connectivity index (χ2v) is 5.91. The fourth-order valence-electron chi connectivity index (χ4n) is 2.66. The molecule has 0 spiro atoms. The summed E-state index contributed by atoms with van der Waals surface area (Å²) < 4.78 is 11.4. The average Bonchev–Trinajstić information content (AvgIpc) is 2.75. The van der Waals surface area contributed by atoms with E-state index in [0.29, 0.717) is 6.10 Å². The van der Waals surface area contributed by atoms with Crippen LogP contribution in [0.5, 0.6) is 5.75 Å². The molecule has 1 fully saturated rings. The van der Waals surface area contributed by atoms with E-state index in [2.05, 4.69) is 32.2 Å². The van der Waals surface area contributed by atoms with Gasteiger partial charge in [-0.05, 0) is 39.7 Å². The van der Waals surface area contributed by atoms with Crippen LogP contribution >= 0.6 is 0 Å². The van der Waals surface area contributed by atoms with Gasteiger partial charge in [-0.3, -0.25) is 0 Å². The van der Waals surface area contributed by atoms with Crippen LogP contribution in [0, 0.1) is 0 Å². The first-order chi connectivity index (χ1) is 9.02. The second kappa shape index (κ2) is 5.93. The number of benzene rings is 1. The summed E-state index contributed by atoms with van der Waals surface area (Å²) in [5.74, 6) is 0.940. The Morgan fingerprint density at radius 3 is 2.79 bits per heavy atom. The summed E-state index contributed by atoms with van der Waals surface area (Å²) in [5, 5.41) is 3.55. The van der Waals surface area contributed by atoms with Crippen molar-refractivity contribution < 1.29 is 9.47 Å². The lowest BCUT2D eigenvalue weighted by atomic mass is 10.0. The zero-order chi connectivity index (χ0) is 13.9. The molecule has 3 nitrogen and oxygen atoms in total. The smallest absolute Gasteiger partial charge is 0.123 e. The zero-order valence-corrected chi connectivity index (χ0v) is 12.4. The van der Waals surface area contributed by atoms with Gasteiger partial charge in [0.15, 0.2) is 0 Å². The molecule has 0 aliphatic carbocycles. The van der Waals surface area contributed by atoms with Crippen LogP contribution in [0.25, 0.3) is 0 Å². The molecule has 1 saturated heterocycles. The molecule has 106 valence electrons. The summed E-state index contributed by atoms with van der Waals surface area (Å²) in [6, 6.07) is 8.42. The number of hydrogen-bond acceptors (Lipinski definition) is 3. The zero-order valence-electron chi connectivity index (χ0n) is 12.4. The molecule has 2 rings (SSSR count). The summed E-state index contributed by atoms with van der Waals surface area (Å²) in [4.78, 5) is 0. The summed E-state index contributed by atoms with van der Waals surface area (Å²) >= 11 is 0. The Morgan fingerprint density at radius 1 is 1.42 bits per heavy atom. The average molecular weight is 263 g/mol. The first-order valence-electron chi connectivity index (χ1n) is 7.06. The van der Waals surface area contributed by atoms with Crippen LogP contribution in [0.15, 0.2) is 24.3 Å². The molecule has 0 radical (unpaired) electrons. The third kappa shape index (κ3) is 3.71. The number of para-hydroxylation sites is 1. The van der Waals surface area contributed by atoms with Crippen LogP contribution in [-0.4, -0.2) is 25.4 Å². The lowest BCUT2D eigenvalue weighted by Gasteiger charge is -2.22. The van der Waals surface area contributed by atoms with Crippen molar-refractivity contribution in [1.29, 1.82) is 0 Å². The highest BCUT2D eigenvalue weighted by molar-refractivity contribution is 5.35. The van der Waals surface area contributed by atoms with Gasteiger partial charge in [-0.15, -0.1) is 0 Å². The lowest BCUT2D eigenvalue weighted by Crippen LogP contribution is -2.31. The standard InChI is InChI=1S/C16H25NO2/c1-12(14-7-5-6-8-15(14)18-4)17-11-13-9-10-16(2,3)19-13/h5-8,12-13,17H,9-11H2,1-4H3/t12-,13?/m0/s1. The van der Waals surface area contributed by atoms with Crippen LogP contribution in [0.4, 0.5) is 0 Å². The van der Waals surface area contributed by atoms with Crippen molar-refractivity contribution in [3.05, 3.63) is 29.8 Å². The highest BCUT2D eigenvalue weighted by atomic mass is 16.5. The van der Waals surface area contributed by atoms with E-state index in [4.69, 9.17) is 9.47 Å². The van der Waals surface area contributed by atoms with Crippen molar-refractivity contribution in [1.82, 2.24) is 5.32 Å². The Bertz CT molecular complexity index is 417. The SMILES string of the molecule is COc1ccccc1[C@H](C)NCC1CCC(C)(C)O1. The maximum Gasteiger partial charge on any atom is 0.123 e. The molecule has 1 aromatic carbocycles. The van der Waals surface area contributed by atoms with E-state index in [-0.39, 0.29) is 11.6 Å². The van der Waals surface area contributed by atoms with E-state index in [1.165, 1.54) is 5.56 Å². The normalized spacial score (nSPS) is 23.3. The van der Waals surface area contributed by atoms with Gasteiger partial charge in [0, 0.05) is 18.2 Å². The second-order valence-electron chi connectivity index (χ2n) is 5.91.